The number of aromatic nitrogens is 3. The number of hydrogen-bond acceptors (Lipinski definition) is 4. The van der Waals surface area contributed by atoms with Crippen LogP contribution in [0.15, 0.2) is 18.3 Å². The summed E-state index contributed by atoms with van der Waals surface area (Å²) in [5, 5.41) is 7.45. The van der Waals surface area contributed by atoms with E-state index in [0.717, 1.165) is 30.6 Å². The third-order valence-electron chi connectivity index (χ3n) is 2.69. The number of primary amides is 1. The molecule has 0 aliphatic carbocycles. The number of carbonyl (C=O) groups excluding carboxylic acids is 1. The summed E-state index contributed by atoms with van der Waals surface area (Å²) in [6.07, 6.45) is 3.96. The molecule has 18 heavy (non-hydrogen) atoms. The van der Waals surface area contributed by atoms with E-state index in [1.165, 1.54) is 0 Å². The molecule has 0 radical (unpaired) electrons. The highest BCUT2D eigenvalue weighted by atomic mass is 16.1. The van der Waals surface area contributed by atoms with E-state index in [-0.39, 0.29) is 5.91 Å². The fourth-order valence-corrected chi connectivity index (χ4v) is 1.74. The van der Waals surface area contributed by atoms with Crippen LogP contribution in [0.3, 0.4) is 0 Å². The van der Waals surface area contributed by atoms with E-state index in [0.29, 0.717) is 12.4 Å². The standard InChI is InChI=1S/C12H17N5O/c1-9-5-4-8-17-11(9)15-12(16-17)14-7-3-2-6-10(13)18/h4-5,8H,2-3,6-7H2,1H3,(H2,13,18)(H,14,16). The normalized spacial score (nSPS) is 10.7. The maximum absolute atomic E-state index is 10.6. The molecule has 3 N–H and O–H groups in total. The van der Waals surface area contributed by atoms with Crippen LogP contribution in [0, 0.1) is 6.92 Å². The average molecular weight is 247 g/mol. The van der Waals surface area contributed by atoms with Gasteiger partial charge in [-0.3, -0.25) is 4.79 Å². The van der Waals surface area contributed by atoms with Crippen LogP contribution in [-0.2, 0) is 4.79 Å². The zero-order chi connectivity index (χ0) is 13.0. The number of amides is 1. The summed E-state index contributed by atoms with van der Waals surface area (Å²) in [6.45, 7) is 2.74. The number of nitrogens with zero attached hydrogens (tertiary/aromatic N) is 3. The number of anilines is 1. The van der Waals surface area contributed by atoms with Gasteiger partial charge in [-0.05, 0) is 31.4 Å². The predicted molar refractivity (Wildman–Crippen MR) is 69.3 cm³/mol. The number of fused-ring (bicyclic) bond motifs is 1. The second-order valence-corrected chi connectivity index (χ2v) is 4.24. The Balaban J connectivity index is 1.88. The molecular weight excluding hydrogens is 230 g/mol. The molecule has 96 valence electrons. The van der Waals surface area contributed by atoms with Crippen molar-refractivity contribution in [1.82, 2.24) is 14.6 Å². The lowest BCUT2D eigenvalue weighted by molar-refractivity contribution is -0.118. The second-order valence-electron chi connectivity index (χ2n) is 4.24. The van der Waals surface area contributed by atoms with Gasteiger partial charge in [-0.1, -0.05) is 6.07 Å². The Kier molecular flexibility index (Phi) is 3.76. The lowest BCUT2D eigenvalue weighted by atomic mass is 10.2. The third-order valence-corrected chi connectivity index (χ3v) is 2.69. The van der Waals surface area contributed by atoms with Crippen LogP contribution < -0.4 is 11.1 Å². The zero-order valence-electron chi connectivity index (χ0n) is 10.4. The van der Waals surface area contributed by atoms with E-state index in [9.17, 15) is 4.79 Å². The van der Waals surface area contributed by atoms with Gasteiger partial charge in [0.1, 0.15) is 0 Å². The molecule has 2 aromatic heterocycles. The van der Waals surface area contributed by atoms with Crippen molar-refractivity contribution in [2.75, 3.05) is 11.9 Å². The summed E-state index contributed by atoms with van der Waals surface area (Å²) < 4.78 is 1.75. The molecular formula is C12H17N5O. The van der Waals surface area contributed by atoms with Crippen LogP contribution in [0.4, 0.5) is 5.95 Å². The van der Waals surface area contributed by atoms with Crippen molar-refractivity contribution in [3.05, 3.63) is 23.9 Å². The van der Waals surface area contributed by atoms with Crippen LogP contribution in [0.25, 0.3) is 5.65 Å². The molecule has 2 rings (SSSR count). The van der Waals surface area contributed by atoms with Crippen molar-refractivity contribution in [3.63, 3.8) is 0 Å². The number of rotatable bonds is 6. The molecule has 0 atom stereocenters. The fraction of sp³-hybridized carbons (Fsp3) is 0.417. The summed E-state index contributed by atoms with van der Waals surface area (Å²) in [6, 6.07) is 3.94. The fourth-order valence-electron chi connectivity index (χ4n) is 1.74. The molecule has 0 saturated heterocycles. The van der Waals surface area contributed by atoms with Crippen LogP contribution in [0.2, 0.25) is 0 Å². The van der Waals surface area contributed by atoms with Gasteiger partial charge < -0.3 is 11.1 Å². The first-order valence-electron chi connectivity index (χ1n) is 6.01. The van der Waals surface area contributed by atoms with Gasteiger partial charge in [0.15, 0.2) is 5.65 Å². The summed E-state index contributed by atoms with van der Waals surface area (Å²) in [5.41, 5.74) is 7.01. The molecule has 0 saturated carbocycles. The molecule has 1 amide bonds. The molecule has 2 heterocycles. The summed E-state index contributed by atoms with van der Waals surface area (Å²) in [7, 11) is 0. The van der Waals surface area contributed by atoms with E-state index in [1.807, 2.05) is 25.3 Å². The number of hydrogen-bond donors (Lipinski definition) is 2. The first kappa shape index (κ1) is 12.3. The van der Waals surface area contributed by atoms with E-state index in [2.05, 4.69) is 15.4 Å². The number of unbranched alkanes of at least 4 members (excludes halogenated alkanes) is 1. The largest absolute Gasteiger partial charge is 0.370 e. The van der Waals surface area contributed by atoms with E-state index in [4.69, 9.17) is 5.73 Å². The number of carbonyl (C=O) groups is 1. The Morgan fingerprint density at radius 2 is 2.33 bits per heavy atom. The number of nitrogens with two attached hydrogens (primary N) is 1. The zero-order valence-corrected chi connectivity index (χ0v) is 10.4. The average Bonchev–Trinajstić information content (AvgIpc) is 2.72. The molecule has 0 aromatic carbocycles. The Morgan fingerprint density at radius 3 is 3.06 bits per heavy atom. The van der Waals surface area contributed by atoms with Crippen molar-refractivity contribution >= 4 is 17.5 Å². The van der Waals surface area contributed by atoms with Gasteiger partial charge in [0.05, 0.1) is 0 Å². The van der Waals surface area contributed by atoms with E-state index in [1.54, 1.807) is 4.52 Å². The third kappa shape index (κ3) is 2.97. The molecule has 0 aliphatic heterocycles. The van der Waals surface area contributed by atoms with Crippen LogP contribution in [0.5, 0.6) is 0 Å². The smallest absolute Gasteiger partial charge is 0.243 e. The van der Waals surface area contributed by atoms with Crippen molar-refractivity contribution in [2.24, 2.45) is 5.73 Å². The van der Waals surface area contributed by atoms with Crippen molar-refractivity contribution in [1.29, 1.82) is 0 Å². The minimum atomic E-state index is -0.253. The van der Waals surface area contributed by atoms with Gasteiger partial charge in [-0.2, -0.15) is 4.98 Å². The van der Waals surface area contributed by atoms with E-state index >= 15 is 0 Å². The number of aryl methyl sites for hydroxylation is 1. The SMILES string of the molecule is Cc1cccn2nc(NCCCCC(N)=O)nc12. The lowest BCUT2D eigenvalue weighted by Crippen LogP contribution is -2.11. The highest BCUT2D eigenvalue weighted by Crippen LogP contribution is 2.09. The van der Waals surface area contributed by atoms with Crippen molar-refractivity contribution in [2.45, 2.75) is 26.2 Å². The van der Waals surface area contributed by atoms with Gasteiger partial charge in [-0.25, -0.2) is 4.52 Å². The number of pyridine rings is 1. The molecule has 2 aromatic rings. The van der Waals surface area contributed by atoms with Gasteiger partial charge in [0, 0.05) is 19.2 Å². The molecule has 0 aliphatic rings. The Bertz CT molecular complexity index is 548. The predicted octanol–water partition coefficient (Wildman–Crippen LogP) is 1.11. The summed E-state index contributed by atoms with van der Waals surface area (Å²) in [5.74, 6) is 0.361. The monoisotopic (exact) mass is 247 g/mol. The maximum Gasteiger partial charge on any atom is 0.243 e. The molecule has 0 fully saturated rings. The minimum absolute atomic E-state index is 0.253. The van der Waals surface area contributed by atoms with Gasteiger partial charge in [-0.15, -0.1) is 5.10 Å². The van der Waals surface area contributed by atoms with Crippen LogP contribution >= 0.6 is 0 Å². The lowest BCUT2D eigenvalue weighted by Gasteiger charge is -1.99. The molecule has 0 unspecified atom stereocenters. The van der Waals surface area contributed by atoms with Crippen molar-refractivity contribution < 1.29 is 4.79 Å². The van der Waals surface area contributed by atoms with Crippen LogP contribution in [-0.4, -0.2) is 27.0 Å². The highest BCUT2D eigenvalue weighted by Gasteiger charge is 2.04. The van der Waals surface area contributed by atoms with Gasteiger partial charge in [0.2, 0.25) is 11.9 Å². The Morgan fingerprint density at radius 1 is 1.50 bits per heavy atom. The maximum atomic E-state index is 10.6. The molecule has 0 spiro atoms. The van der Waals surface area contributed by atoms with Crippen molar-refractivity contribution in [3.8, 4) is 0 Å². The quantitative estimate of drug-likeness (QED) is 0.749. The first-order chi connectivity index (χ1) is 8.66. The second kappa shape index (κ2) is 5.48. The highest BCUT2D eigenvalue weighted by molar-refractivity contribution is 5.73. The Labute approximate surface area is 105 Å². The van der Waals surface area contributed by atoms with Crippen LogP contribution in [0.1, 0.15) is 24.8 Å². The summed E-state index contributed by atoms with van der Waals surface area (Å²) >= 11 is 0. The molecule has 6 heteroatoms. The first-order valence-corrected chi connectivity index (χ1v) is 6.01. The minimum Gasteiger partial charge on any atom is -0.370 e. The Hall–Kier alpha value is -2.11. The summed E-state index contributed by atoms with van der Waals surface area (Å²) in [4.78, 5) is 15.0. The topological polar surface area (TPSA) is 85.3 Å². The van der Waals surface area contributed by atoms with E-state index < -0.39 is 0 Å². The number of nitrogens with one attached hydrogen (secondary N) is 1. The van der Waals surface area contributed by atoms with Gasteiger partial charge in [0.25, 0.3) is 0 Å². The molecule has 0 bridgehead atoms. The molecule has 6 nitrogen and oxygen atoms in total. The van der Waals surface area contributed by atoms with Gasteiger partial charge >= 0.3 is 0 Å².